The van der Waals surface area contributed by atoms with Crippen molar-refractivity contribution >= 4 is 0 Å². The van der Waals surface area contributed by atoms with E-state index in [0.717, 1.165) is 19.0 Å². The molecule has 0 radical (unpaired) electrons. The van der Waals surface area contributed by atoms with Crippen molar-refractivity contribution in [3.05, 3.63) is 35.4 Å². The zero-order chi connectivity index (χ0) is 15.7. The molecule has 21 heavy (non-hydrogen) atoms. The van der Waals surface area contributed by atoms with Crippen molar-refractivity contribution in [2.24, 2.45) is 11.7 Å². The van der Waals surface area contributed by atoms with E-state index < -0.39 is 0 Å². The number of likely N-dealkylation sites (N-methyl/N-ethyl adjacent to an activating group) is 1. The molecule has 1 atom stereocenters. The summed E-state index contributed by atoms with van der Waals surface area (Å²) in [7, 11) is 1.73. The van der Waals surface area contributed by atoms with Gasteiger partial charge in [0.25, 0.3) is 0 Å². The first-order chi connectivity index (χ1) is 10.2. The molecule has 0 saturated carbocycles. The predicted octanol–water partition coefficient (Wildman–Crippen LogP) is 3.59. The lowest BCUT2D eigenvalue weighted by molar-refractivity contribution is 0.172. The molecule has 0 bridgehead atoms. The Kier molecular flexibility index (Phi) is 8.58. The first-order valence-electron chi connectivity index (χ1n) is 8.21. The lowest BCUT2D eigenvalue weighted by atomic mass is 9.98. The Morgan fingerprint density at radius 3 is 2.43 bits per heavy atom. The van der Waals surface area contributed by atoms with E-state index >= 15 is 0 Å². The van der Waals surface area contributed by atoms with Gasteiger partial charge in [0.2, 0.25) is 0 Å². The van der Waals surface area contributed by atoms with Gasteiger partial charge in [-0.25, -0.2) is 0 Å². The number of methoxy groups -OCH3 is 1. The van der Waals surface area contributed by atoms with Crippen LogP contribution in [0.15, 0.2) is 24.3 Å². The van der Waals surface area contributed by atoms with E-state index in [-0.39, 0.29) is 0 Å². The lowest BCUT2D eigenvalue weighted by Crippen LogP contribution is -2.37. The molecule has 2 N–H and O–H groups in total. The van der Waals surface area contributed by atoms with Gasteiger partial charge in [-0.1, -0.05) is 57.9 Å². The van der Waals surface area contributed by atoms with E-state index in [4.69, 9.17) is 10.5 Å². The number of hydrogen-bond acceptors (Lipinski definition) is 3. The molecule has 1 rings (SSSR count). The Morgan fingerprint density at radius 1 is 1.19 bits per heavy atom. The standard InChI is InChI=1S/C18H32N2O/c1-5-15(6-2)13-20(7-3)18(12-19)17-10-8-9-16(11-17)14-21-4/h8-11,15,18H,5-7,12-14,19H2,1-4H3. The Bertz CT molecular complexity index is 391. The van der Waals surface area contributed by atoms with Crippen LogP contribution in [0.3, 0.4) is 0 Å². The van der Waals surface area contributed by atoms with Gasteiger partial charge in [-0.2, -0.15) is 0 Å². The number of rotatable bonds is 10. The molecule has 0 aliphatic carbocycles. The highest BCUT2D eigenvalue weighted by atomic mass is 16.5. The zero-order valence-corrected chi connectivity index (χ0v) is 14.1. The molecule has 1 aromatic carbocycles. The van der Waals surface area contributed by atoms with E-state index in [9.17, 15) is 0 Å². The fraction of sp³-hybridized carbons (Fsp3) is 0.667. The maximum atomic E-state index is 6.09. The Hall–Kier alpha value is -0.900. The molecule has 1 aromatic rings. The SMILES string of the molecule is CCC(CC)CN(CC)C(CN)c1cccc(COC)c1. The van der Waals surface area contributed by atoms with Crippen LogP contribution in [0.1, 0.15) is 50.8 Å². The van der Waals surface area contributed by atoms with Crippen LogP contribution in [0.2, 0.25) is 0 Å². The molecule has 120 valence electrons. The molecule has 0 heterocycles. The third-order valence-corrected chi connectivity index (χ3v) is 4.36. The molecular formula is C18H32N2O. The number of benzene rings is 1. The summed E-state index contributed by atoms with van der Waals surface area (Å²) in [6.45, 7) is 10.3. The summed E-state index contributed by atoms with van der Waals surface area (Å²) >= 11 is 0. The third-order valence-electron chi connectivity index (χ3n) is 4.36. The van der Waals surface area contributed by atoms with E-state index in [1.807, 2.05) is 0 Å². The minimum absolute atomic E-state index is 0.299. The van der Waals surface area contributed by atoms with Crippen molar-refractivity contribution in [2.75, 3.05) is 26.7 Å². The van der Waals surface area contributed by atoms with Crippen molar-refractivity contribution < 1.29 is 4.74 Å². The average Bonchev–Trinajstić information content (AvgIpc) is 2.52. The number of hydrogen-bond donors (Lipinski definition) is 1. The lowest BCUT2D eigenvalue weighted by Gasteiger charge is -2.33. The fourth-order valence-corrected chi connectivity index (χ4v) is 2.91. The second-order valence-electron chi connectivity index (χ2n) is 5.70. The summed E-state index contributed by atoms with van der Waals surface area (Å²) in [5, 5.41) is 0. The van der Waals surface area contributed by atoms with Gasteiger partial charge in [-0.3, -0.25) is 4.90 Å². The van der Waals surface area contributed by atoms with Crippen LogP contribution in [0, 0.1) is 5.92 Å². The number of nitrogens with zero attached hydrogens (tertiary/aromatic N) is 1. The second kappa shape index (κ2) is 9.93. The topological polar surface area (TPSA) is 38.5 Å². The summed E-state index contributed by atoms with van der Waals surface area (Å²) in [5.74, 6) is 0.751. The van der Waals surface area contributed by atoms with Gasteiger partial charge >= 0.3 is 0 Å². The average molecular weight is 292 g/mol. The van der Waals surface area contributed by atoms with Crippen LogP contribution in [0.5, 0.6) is 0 Å². The maximum absolute atomic E-state index is 6.09. The largest absolute Gasteiger partial charge is 0.380 e. The number of nitrogens with two attached hydrogens (primary N) is 1. The summed E-state index contributed by atoms with van der Waals surface area (Å²) in [5.41, 5.74) is 8.61. The van der Waals surface area contributed by atoms with Gasteiger partial charge in [0, 0.05) is 26.2 Å². The van der Waals surface area contributed by atoms with Crippen molar-refractivity contribution in [3.63, 3.8) is 0 Å². The molecule has 0 amide bonds. The summed E-state index contributed by atoms with van der Waals surface area (Å²) in [6, 6.07) is 8.94. The van der Waals surface area contributed by atoms with Crippen molar-refractivity contribution in [3.8, 4) is 0 Å². The van der Waals surface area contributed by atoms with Gasteiger partial charge in [0.1, 0.15) is 0 Å². The van der Waals surface area contributed by atoms with Crippen LogP contribution < -0.4 is 5.73 Å². The Balaban J connectivity index is 2.90. The van der Waals surface area contributed by atoms with E-state index in [1.54, 1.807) is 7.11 Å². The van der Waals surface area contributed by atoms with E-state index in [0.29, 0.717) is 19.2 Å². The fourth-order valence-electron chi connectivity index (χ4n) is 2.91. The Morgan fingerprint density at radius 2 is 1.90 bits per heavy atom. The molecule has 0 saturated heterocycles. The molecule has 0 aromatic heterocycles. The summed E-state index contributed by atoms with van der Waals surface area (Å²) in [6.07, 6.45) is 2.46. The first kappa shape index (κ1) is 18.1. The van der Waals surface area contributed by atoms with Crippen LogP contribution in [-0.4, -0.2) is 31.6 Å². The van der Waals surface area contributed by atoms with Crippen molar-refractivity contribution in [1.29, 1.82) is 0 Å². The molecule has 1 unspecified atom stereocenters. The molecule has 0 aliphatic rings. The summed E-state index contributed by atoms with van der Waals surface area (Å²) < 4.78 is 5.24. The molecule has 0 spiro atoms. The zero-order valence-electron chi connectivity index (χ0n) is 14.1. The van der Waals surface area contributed by atoms with Crippen LogP contribution >= 0.6 is 0 Å². The maximum Gasteiger partial charge on any atom is 0.0713 e. The molecule has 3 nitrogen and oxygen atoms in total. The minimum Gasteiger partial charge on any atom is -0.380 e. The smallest absolute Gasteiger partial charge is 0.0713 e. The van der Waals surface area contributed by atoms with Gasteiger partial charge in [0.15, 0.2) is 0 Å². The molecule has 0 aliphatic heterocycles. The van der Waals surface area contributed by atoms with Gasteiger partial charge in [-0.05, 0) is 23.6 Å². The summed E-state index contributed by atoms with van der Waals surface area (Å²) in [4.78, 5) is 2.52. The van der Waals surface area contributed by atoms with Crippen LogP contribution in [0.25, 0.3) is 0 Å². The normalized spacial score (nSPS) is 13.1. The highest BCUT2D eigenvalue weighted by Gasteiger charge is 2.20. The van der Waals surface area contributed by atoms with Crippen LogP contribution in [-0.2, 0) is 11.3 Å². The van der Waals surface area contributed by atoms with Crippen molar-refractivity contribution in [1.82, 2.24) is 4.90 Å². The third kappa shape index (κ3) is 5.42. The van der Waals surface area contributed by atoms with E-state index in [2.05, 4.69) is 49.9 Å². The van der Waals surface area contributed by atoms with Gasteiger partial charge in [0.05, 0.1) is 6.61 Å². The van der Waals surface area contributed by atoms with Crippen molar-refractivity contribution in [2.45, 2.75) is 46.3 Å². The van der Waals surface area contributed by atoms with Gasteiger partial charge in [-0.15, -0.1) is 0 Å². The minimum atomic E-state index is 0.299. The monoisotopic (exact) mass is 292 g/mol. The highest BCUT2D eigenvalue weighted by molar-refractivity contribution is 5.26. The molecule has 0 fully saturated rings. The predicted molar refractivity (Wildman–Crippen MR) is 90.3 cm³/mol. The molecule has 3 heteroatoms. The van der Waals surface area contributed by atoms with E-state index in [1.165, 1.54) is 24.0 Å². The Labute approximate surface area is 130 Å². The molecular weight excluding hydrogens is 260 g/mol. The second-order valence-corrected chi connectivity index (χ2v) is 5.70. The number of ether oxygens (including phenoxy) is 1. The first-order valence-corrected chi connectivity index (χ1v) is 8.21. The quantitative estimate of drug-likeness (QED) is 0.716. The van der Waals surface area contributed by atoms with Gasteiger partial charge < -0.3 is 10.5 Å². The highest BCUT2D eigenvalue weighted by Crippen LogP contribution is 2.23. The van der Waals surface area contributed by atoms with Crippen LogP contribution in [0.4, 0.5) is 0 Å².